The number of aromatic amines is 1. The zero-order valence-electron chi connectivity index (χ0n) is 12.3. The first kappa shape index (κ1) is 13.9. The molecular weight excluding hydrogens is 266 g/mol. The van der Waals surface area contributed by atoms with Crippen LogP contribution in [0.1, 0.15) is 37.2 Å². The van der Waals surface area contributed by atoms with Gasteiger partial charge in [0.1, 0.15) is 5.82 Å². The third kappa shape index (κ3) is 3.36. The van der Waals surface area contributed by atoms with Gasteiger partial charge in [-0.25, -0.2) is 4.98 Å². The minimum atomic E-state index is 0.232. The van der Waals surface area contributed by atoms with Crippen LogP contribution in [-0.4, -0.2) is 23.2 Å². The Hall–Kier alpha value is -2.01. The van der Waals surface area contributed by atoms with Gasteiger partial charge in [0.05, 0.1) is 19.3 Å². The van der Waals surface area contributed by atoms with E-state index in [-0.39, 0.29) is 6.04 Å². The van der Waals surface area contributed by atoms with Crippen molar-refractivity contribution < 1.29 is 9.47 Å². The minimum Gasteiger partial charge on any atom is -0.490 e. The molecule has 1 unspecified atom stereocenters. The summed E-state index contributed by atoms with van der Waals surface area (Å²) >= 11 is 0. The predicted molar refractivity (Wildman–Crippen MR) is 80.5 cm³/mol. The smallest absolute Gasteiger partial charge is 0.161 e. The molecule has 112 valence electrons. The highest BCUT2D eigenvalue weighted by Gasteiger charge is 2.13. The Balaban J connectivity index is 1.66. The fourth-order valence-corrected chi connectivity index (χ4v) is 2.46. The Bertz CT molecular complexity index is 569. The Morgan fingerprint density at radius 1 is 1.29 bits per heavy atom. The first-order chi connectivity index (χ1) is 10.4. The second kappa shape index (κ2) is 6.63. The molecule has 0 bridgehead atoms. The van der Waals surface area contributed by atoms with Crippen molar-refractivity contribution >= 4 is 0 Å². The van der Waals surface area contributed by atoms with Gasteiger partial charge in [-0.05, 0) is 24.1 Å². The molecule has 1 atom stereocenters. The summed E-state index contributed by atoms with van der Waals surface area (Å²) in [4.78, 5) is 7.48. The van der Waals surface area contributed by atoms with E-state index in [2.05, 4.69) is 34.3 Å². The highest BCUT2D eigenvalue weighted by atomic mass is 16.5. The van der Waals surface area contributed by atoms with Gasteiger partial charge in [0, 0.05) is 25.4 Å². The summed E-state index contributed by atoms with van der Waals surface area (Å²) < 4.78 is 11.4. The molecule has 5 nitrogen and oxygen atoms in total. The fourth-order valence-electron chi connectivity index (χ4n) is 2.46. The maximum Gasteiger partial charge on any atom is 0.161 e. The monoisotopic (exact) mass is 287 g/mol. The lowest BCUT2D eigenvalue weighted by molar-refractivity contribution is 0.297. The van der Waals surface area contributed by atoms with Crippen LogP contribution in [0.15, 0.2) is 30.6 Å². The molecule has 1 aliphatic rings. The van der Waals surface area contributed by atoms with Crippen LogP contribution in [0, 0.1) is 0 Å². The second-order valence-corrected chi connectivity index (χ2v) is 5.15. The quantitative estimate of drug-likeness (QED) is 0.888. The molecule has 21 heavy (non-hydrogen) atoms. The maximum absolute atomic E-state index is 5.72. The molecule has 2 N–H and O–H groups in total. The van der Waals surface area contributed by atoms with E-state index in [1.807, 2.05) is 12.3 Å². The number of benzene rings is 1. The summed E-state index contributed by atoms with van der Waals surface area (Å²) in [6.07, 6.45) is 5.55. The van der Waals surface area contributed by atoms with Crippen molar-refractivity contribution in [1.82, 2.24) is 15.3 Å². The fraction of sp³-hybridized carbons (Fsp3) is 0.438. The van der Waals surface area contributed by atoms with Crippen LogP contribution in [0.2, 0.25) is 0 Å². The van der Waals surface area contributed by atoms with Gasteiger partial charge in [-0.15, -0.1) is 0 Å². The first-order valence-electron chi connectivity index (χ1n) is 7.48. The van der Waals surface area contributed by atoms with E-state index in [9.17, 15) is 0 Å². The van der Waals surface area contributed by atoms with Gasteiger partial charge in [0.15, 0.2) is 11.5 Å². The molecule has 1 aromatic heterocycles. The summed E-state index contributed by atoms with van der Waals surface area (Å²) in [5.74, 6) is 2.67. The number of H-pyrrole nitrogens is 1. The zero-order valence-corrected chi connectivity index (χ0v) is 12.3. The lowest BCUT2D eigenvalue weighted by Crippen LogP contribution is -2.21. The number of fused-ring (bicyclic) bond motifs is 1. The van der Waals surface area contributed by atoms with Crippen LogP contribution in [0.4, 0.5) is 0 Å². The summed E-state index contributed by atoms with van der Waals surface area (Å²) in [6, 6.07) is 6.36. The lowest BCUT2D eigenvalue weighted by atomic mass is 10.1. The average molecular weight is 287 g/mol. The number of aromatic nitrogens is 2. The van der Waals surface area contributed by atoms with Gasteiger partial charge in [-0.1, -0.05) is 13.0 Å². The molecule has 0 radical (unpaired) electrons. The van der Waals surface area contributed by atoms with Crippen LogP contribution in [0.5, 0.6) is 11.5 Å². The van der Waals surface area contributed by atoms with E-state index in [0.717, 1.165) is 43.3 Å². The Morgan fingerprint density at radius 3 is 2.90 bits per heavy atom. The van der Waals surface area contributed by atoms with Crippen LogP contribution in [-0.2, 0) is 6.54 Å². The number of hydrogen-bond donors (Lipinski definition) is 2. The van der Waals surface area contributed by atoms with Crippen molar-refractivity contribution in [3.05, 3.63) is 42.0 Å². The summed E-state index contributed by atoms with van der Waals surface area (Å²) in [5, 5.41) is 3.52. The van der Waals surface area contributed by atoms with E-state index in [1.165, 1.54) is 5.56 Å². The van der Waals surface area contributed by atoms with Crippen LogP contribution in [0.25, 0.3) is 0 Å². The van der Waals surface area contributed by atoms with E-state index in [4.69, 9.17) is 9.47 Å². The van der Waals surface area contributed by atoms with Crippen molar-refractivity contribution in [1.29, 1.82) is 0 Å². The van der Waals surface area contributed by atoms with Gasteiger partial charge >= 0.3 is 0 Å². The molecule has 0 spiro atoms. The third-order valence-corrected chi connectivity index (χ3v) is 3.62. The highest BCUT2D eigenvalue weighted by Crippen LogP contribution is 2.30. The topological polar surface area (TPSA) is 59.2 Å². The molecule has 0 amide bonds. The second-order valence-electron chi connectivity index (χ2n) is 5.15. The molecule has 0 fully saturated rings. The van der Waals surface area contributed by atoms with E-state index >= 15 is 0 Å². The summed E-state index contributed by atoms with van der Waals surface area (Å²) in [6.45, 7) is 4.36. The normalized spacial score (nSPS) is 15.5. The molecule has 1 aromatic carbocycles. The molecule has 3 rings (SSSR count). The zero-order chi connectivity index (χ0) is 14.5. The van der Waals surface area contributed by atoms with Gasteiger partial charge in [-0.2, -0.15) is 0 Å². The first-order valence-corrected chi connectivity index (χ1v) is 7.48. The molecule has 1 aliphatic heterocycles. The standard InChI is InChI=1S/C16H21N3O2/c1-2-13(16-17-6-7-18-16)19-11-12-4-5-14-15(10-12)21-9-3-8-20-14/h4-7,10,13,19H,2-3,8-9,11H2,1H3,(H,17,18). The van der Waals surface area contributed by atoms with E-state index in [1.54, 1.807) is 6.20 Å². The number of ether oxygens (including phenoxy) is 2. The SMILES string of the molecule is CCC(NCc1ccc2c(c1)OCCCO2)c1ncc[nH]1. The average Bonchev–Trinajstić information content (AvgIpc) is 2.93. The number of hydrogen-bond acceptors (Lipinski definition) is 4. The van der Waals surface area contributed by atoms with Crippen LogP contribution < -0.4 is 14.8 Å². The summed E-state index contributed by atoms with van der Waals surface area (Å²) in [5.41, 5.74) is 1.18. The van der Waals surface area contributed by atoms with Crippen molar-refractivity contribution in [3.8, 4) is 11.5 Å². The number of rotatable bonds is 5. The number of nitrogens with zero attached hydrogens (tertiary/aromatic N) is 1. The molecular formula is C16H21N3O2. The van der Waals surface area contributed by atoms with Gasteiger partial charge in [0.2, 0.25) is 0 Å². The summed E-state index contributed by atoms with van der Waals surface area (Å²) in [7, 11) is 0. The Kier molecular flexibility index (Phi) is 4.40. The minimum absolute atomic E-state index is 0.232. The predicted octanol–water partition coefficient (Wildman–Crippen LogP) is 2.81. The largest absolute Gasteiger partial charge is 0.490 e. The van der Waals surface area contributed by atoms with Crippen molar-refractivity contribution in [3.63, 3.8) is 0 Å². The number of imidazole rings is 1. The van der Waals surface area contributed by atoms with Gasteiger partial charge < -0.3 is 19.8 Å². The van der Waals surface area contributed by atoms with Crippen LogP contribution >= 0.6 is 0 Å². The van der Waals surface area contributed by atoms with Gasteiger partial charge in [0.25, 0.3) is 0 Å². The molecule has 2 heterocycles. The molecule has 5 heteroatoms. The van der Waals surface area contributed by atoms with Crippen LogP contribution in [0.3, 0.4) is 0 Å². The third-order valence-electron chi connectivity index (χ3n) is 3.62. The molecule has 2 aromatic rings. The molecule has 0 saturated heterocycles. The molecule has 0 saturated carbocycles. The van der Waals surface area contributed by atoms with E-state index in [0.29, 0.717) is 6.61 Å². The number of nitrogens with one attached hydrogen (secondary N) is 2. The van der Waals surface area contributed by atoms with Crippen molar-refractivity contribution in [2.45, 2.75) is 32.4 Å². The van der Waals surface area contributed by atoms with Crippen molar-refractivity contribution in [2.24, 2.45) is 0 Å². The lowest BCUT2D eigenvalue weighted by Gasteiger charge is -2.15. The van der Waals surface area contributed by atoms with Crippen molar-refractivity contribution in [2.75, 3.05) is 13.2 Å². The molecule has 0 aliphatic carbocycles. The Labute approximate surface area is 124 Å². The maximum atomic E-state index is 5.72. The highest BCUT2D eigenvalue weighted by molar-refractivity contribution is 5.43. The van der Waals surface area contributed by atoms with E-state index < -0.39 is 0 Å². The Morgan fingerprint density at radius 2 is 2.14 bits per heavy atom. The van der Waals surface area contributed by atoms with Gasteiger partial charge in [-0.3, -0.25) is 0 Å².